The number of rotatable bonds is 0. The third kappa shape index (κ3) is 2.05. The number of aromatic amines is 1. The van der Waals surface area contributed by atoms with E-state index >= 15 is 0 Å². The van der Waals surface area contributed by atoms with E-state index in [1.54, 1.807) is 0 Å². The molecule has 2 heterocycles. The summed E-state index contributed by atoms with van der Waals surface area (Å²) in [6.45, 7) is 8.01. The zero-order chi connectivity index (χ0) is 16.2. The first-order chi connectivity index (χ1) is 10.2. The summed E-state index contributed by atoms with van der Waals surface area (Å²) in [4.78, 5) is 27.7. The summed E-state index contributed by atoms with van der Waals surface area (Å²) in [6.07, 6.45) is 0. The molecule has 7 nitrogen and oxygen atoms in total. The van der Waals surface area contributed by atoms with Crippen LogP contribution in [0.1, 0.15) is 32.0 Å². The van der Waals surface area contributed by atoms with Gasteiger partial charge in [-0.3, -0.25) is 9.78 Å². The molecule has 0 aliphatic rings. The number of nitrogens with one attached hydrogen (secondary N) is 1. The highest BCUT2D eigenvalue weighted by atomic mass is 16.1. The van der Waals surface area contributed by atoms with E-state index < -0.39 is 0 Å². The molecule has 0 spiro atoms. The number of hydrogen-bond donors (Lipinski definition) is 3. The van der Waals surface area contributed by atoms with Gasteiger partial charge in [0.1, 0.15) is 0 Å². The number of nitrogen functional groups attached to an aromatic ring is 2. The van der Waals surface area contributed by atoms with Crippen LogP contribution in [0.3, 0.4) is 0 Å². The minimum Gasteiger partial charge on any atom is -0.369 e. The van der Waals surface area contributed by atoms with Crippen molar-refractivity contribution in [2.45, 2.75) is 33.1 Å². The van der Waals surface area contributed by atoms with Gasteiger partial charge in [0.25, 0.3) is 5.56 Å². The van der Waals surface area contributed by atoms with Crippen molar-refractivity contribution in [1.82, 2.24) is 19.9 Å². The van der Waals surface area contributed by atoms with Gasteiger partial charge in [0.2, 0.25) is 11.9 Å². The molecule has 1 aromatic carbocycles. The fraction of sp³-hybridized carbons (Fsp3) is 0.333. The van der Waals surface area contributed by atoms with Gasteiger partial charge in [0.15, 0.2) is 0 Å². The van der Waals surface area contributed by atoms with Gasteiger partial charge in [-0.05, 0) is 24.0 Å². The van der Waals surface area contributed by atoms with E-state index in [4.69, 9.17) is 11.5 Å². The van der Waals surface area contributed by atoms with Crippen molar-refractivity contribution in [3.8, 4) is 0 Å². The van der Waals surface area contributed by atoms with Crippen LogP contribution in [-0.4, -0.2) is 19.9 Å². The fourth-order valence-electron chi connectivity index (χ4n) is 2.66. The molecular weight excluding hydrogens is 280 g/mol. The minimum atomic E-state index is -0.323. The minimum absolute atomic E-state index is 0.0844. The Morgan fingerprint density at radius 2 is 1.77 bits per heavy atom. The van der Waals surface area contributed by atoms with Crippen molar-refractivity contribution in [3.05, 3.63) is 27.7 Å². The highest BCUT2D eigenvalue weighted by Gasteiger charge is 2.23. The topological polar surface area (TPSA) is 124 Å². The van der Waals surface area contributed by atoms with Gasteiger partial charge < -0.3 is 11.5 Å². The van der Waals surface area contributed by atoms with Crippen molar-refractivity contribution in [2.24, 2.45) is 0 Å². The van der Waals surface area contributed by atoms with Crippen LogP contribution in [0.2, 0.25) is 0 Å². The van der Waals surface area contributed by atoms with Gasteiger partial charge in [-0.2, -0.15) is 0 Å². The summed E-state index contributed by atoms with van der Waals surface area (Å²) >= 11 is 0. The first kappa shape index (κ1) is 14.2. The molecule has 0 amide bonds. The van der Waals surface area contributed by atoms with Gasteiger partial charge in [-0.1, -0.05) is 20.8 Å². The molecule has 0 saturated carbocycles. The van der Waals surface area contributed by atoms with E-state index in [0.717, 1.165) is 16.6 Å². The zero-order valence-corrected chi connectivity index (χ0v) is 13.0. The number of anilines is 2. The molecule has 0 bridgehead atoms. The predicted octanol–water partition coefficient (Wildman–Crippen LogP) is 1.64. The van der Waals surface area contributed by atoms with Crippen LogP contribution < -0.4 is 17.0 Å². The van der Waals surface area contributed by atoms with Crippen LogP contribution >= 0.6 is 0 Å². The lowest BCUT2D eigenvalue weighted by molar-refractivity contribution is 0.595. The van der Waals surface area contributed by atoms with Crippen LogP contribution in [0.15, 0.2) is 10.9 Å². The van der Waals surface area contributed by atoms with E-state index in [2.05, 4.69) is 40.7 Å². The summed E-state index contributed by atoms with van der Waals surface area (Å²) in [7, 11) is 0. The molecule has 0 saturated heterocycles. The van der Waals surface area contributed by atoms with E-state index in [1.165, 1.54) is 0 Å². The highest BCUT2D eigenvalue weighted by Crippen LogP contribution is 2.33. The number of benzene rings is 1. The molecule has 2 aromatic heterocycles. The van der Waals surface area contributed by atoms with Gasteiger partial charge in [0.05, 0.1) is 22.1 Å². The molecule has 7 heteroatoms. The molecule has 0 radical (unpaired) electrons. The Bertz CT molecular complexity index is 968. The number of hydrogen-bond acceptors (Lipinski definition) is 6. The van der Waals surface area contributed by atoms with E-state index in [1.807, 2.05) is 13.0 Å². The van der Waals surface area contributed by atoms with Crippen molar-refractivity contribution < 1.29 is 0 Å². The molecule has 22 heavy (non-hydrogen) atoms. The molecule has 0 atom stereocenters. The van der Waals surface area contributed by atoms with E-state index in [0.29, 0.717) is 16.4 Å². The lowest BCUT2D eigenvalue weighted by atomic mass is 9.84. The number of nitrogens with two attached hydrogens (primary N) is 2. The molecule has 5 N–H and O–H groups in total. The Labute approximate surface area is 126 Å². The first-order valence-electron chi connectivity index (χ1n) is 6.95. The monoisotopic (exact) mass is 298 g/mol. The first-order valence-corrected chi connectivity index (χ1v) is 6.95. The second-order valence-corrected chi connectivity index (χ2v) is 6.41. The van der Waals surface area contributed by atoms with E-state index in [-0.39, 0.29) is 22.9 Å². The molecule has 3 aromatic rings. The molecule has 114 valence electrons. The Morgan fingerprint density at radius 3 is 2.41 bits per heavy atom. The number of aryl methyl sites for hydroxylation is 1. The summed E-state index contributed by atoms with van der Waals surface area (Å²) < 4.78 is 0. The molecule has 0 aliphatic heterocycles. The van der Waals surface area contributed by atoms with Crippen LogP contribution in [-0.2, 0) is 5.41 Å². The summed E-state index contributed by atoms with van der Waals surface area (Å²) in [5.41, 5.74) is 13.6. The lowest BCUT2D eigenvalue weighted by Crippen LogP contribution is -2.18. The molecule has 0 fully saturated rings. The Morgan fingerprint density at radius 1 is 1.09 bits per heavy atom. The van der Waals surface area contributed by atoms with Crippen LogP contribution in [0.25, 0.3) is 21.8 Å². The lowest BCUT2D eigenvalue weighted by Gasteiger charge is -2.22. The molecule has 0 unspecified atom stereocenters. The van der Waals surface area contributed by atoms with Crippen LogP contribution in [0.5, 0.6) is 0 Å². The maximum atomic E-state index is 12.4. The van der Waals surface area contributed by atoms with Crippen molar-refractivity contribution >= 4 is 33.7 Å². The zero-order valence-electron chi connectivity index (χ0n) is 13.0. The Balaban J connectivity index is 2.69. The predicted molar refractivity (Wildman–Crippen MR) is 87.7 cm³/mol. The van der Waals surface area contributed by atoms with Gasteiger partial charge in [0, 0.05) is 5.39 Å². The number of aromatic nitrogens is 4. The molecule has 0 aliphatic carbocycles. The van der Waals surface area contributed by atoms with Gasteiger partial charge in [-0.25, -0.2) is 15.0 Å². The fourth-order valence-corrected chi connectivity index (χ4v) is 2.66. The molecule has 3 rings (SSSR count). The number of H-pyrrole nitrogens is 1. The van der Waals surface area contributed by atoms with Crippen LogP contribution in [0, 0.1) is 6.92 Å². The van der Waals surface area contributed by atoms with Crippen LogP contribution in [0.4, 0.5) is 11.9 Å². The average molecular weight is 298 g/mol. The third-order valence-electron chi connectivity index (χ3n) is 3.68. The summed E-state index contributed by atoms with van der Waals surface area (Å²) in [5.74, 6) is 0.215. The van der Waals surface area contributed by atoms with Crippen molar-refractivity contribution in [2.75, 3.05) is 11.5 Å². The molecular formula is C15H18N6O. The maximum Gasteiger partial charge on any atom is 0.262 e. The van der Waals surface area contributed by atoms with Crippen molar-refractivity contribution in [1.29, 1.82) is 0 Å². The van der Waals surface area contributed by atoms with Crippen molar-refractivity contribution in [3.63, 3.8) is 0 Å². The Kier molecular flexibility index (Phi) is 2.85. The Hall–Kier alpha value is -2.70. The highest BCUT2D eigenvalue weighted by molar-refractivity contribution is 6.06. The summed E-state index contributed by atoms with van der Waals surface area (Å²) in [6, 6.07) is 1.97. The average Bonchev–Trinajstić information content (AvgIpc) is 2.35. The second-order valence-electron chi connectivity index (χ2n) is 6.41. The second kappa shape index (κ2) is 4.40. The van der Waals surface area contributed by atoms with Gasteiger partial charge in [-0.15, -0.1) is 0 Å². The smallest absolute Gasteiger partial charge is 0.262 e. The summed E-state index contributed by atoms with van der Waals surface area (Å²) in [5, 5.41) is 1.19. The number of fused-ring (bicyclic) bond motifs is 3. The maximum absolute atomic E-state index is 12.4. The largest absolute Gasteiger partial charge is 0.369 e. The number of nitrogens with zero attached hydrogens (tertiary/aromatic N) is 3. The van der Waals surface area contributed by atoms with Gasteiger partial charge >= 0.3 is 0 Å². The standard InChI is InChI=1S/C15H18N6O/c1-6-7-5-8(15(2,3)4)11-9(10(7)19-13(16)18-6)12(22)21-14(17)20-11/h5H,1-4H3,(H2,16,18,19)(H3,17,20,21,22). The third-order valence-corrected chi connectivity index (χ3v) is 3.68. The normalized spacial score (nSPS) is 12.2. The quantitative estimate of drug-likeness (QED) is 0.542. The SMILES string of the molecule is Cc1nc(N)nc2c1cc(C(C)(C)C)c1nc(N)[nH]c(=O)c12. The van der Waals surface area contributed by atoms with E-state index in [9.17, 15) is 4.79 Å².